The van der Waals surface area contributed by atoms with E-state index in [0.717, 1.165) is 0 Å². The molecule has 1 aromatic rings. The van der Waals surface area contributed by atoms with Crippen LogP contribution in [-0.2, 0) is 16.6 Å². The summed E-state index contributed by atoms with van der Waals surface area (Å²) in [7, 11) is 2.75. The van der Waals surface area contributed by atoms with Crippen molar-refractivity contribution in [1.82, 2.24) is 9.78 Å². The van der Waals surface area contributed by atoms with E-state index in [9.17, 15) is 14.4 Å². The smallest absolute Gasteiger partial charge is 0.314 e. The summed E-state index contributed by atoms with van der Waals surface area (Å²) < 4.78 is 5.74. The predicted octanol–water partition coefficient (Wildman–Crippen LogP) is 0.192. The number of hydrogen-bond donors (Lipinski definition) is 1. The lowest BCUT2D eigenvalue weighted by Gasteiger charge is -2.07. The third kappa shape index (κ3) is 1.91. The Morgan fingerprint density at radius 3 is 2.44 bits per heavy atom. The molecule has 0 saturated carbocycles. The van der Waals surface area contributed by atoms with E-state index in [2.05, 4.69) is 9.84 Å². The first-order valence-corrected chi connectivity index (χ1v) is 4.77. The average Bonchev–Trinajstić information content (AvgIpc) is 2.53. The fraction of sp³-hybridized carbons (Fsp3) is 0.500. The van der Waals surface area contributed by atoms with Gasteiger partial charge in [-0.15, -0.1) is 0 Å². The van der Waals surface area contributed by atoms with Crippen molar-refractivity contribution < 1.29 is 14.3 Å². The number of ketones is 1. The van der Waals surface area contributed by atoms with Crippen molar-refractivity contribution in [2.45, 2.75) is 19.8 Å². The highest BCUT2D eigenvalue weighted by Gasteiger charge is 2.26. The van der Waals surface area contributed by atoms with Gasteiger partial charge in [-0.3, -0.25) is 24.2 Å². The van der Waals surface area contributed by atoms with Gasteiger partial charge in [0.15, 0.2) is 5.78 Å². The van der Waals surface area contributed by atoms with Crippen LogP contribution >= 0.6 is 0 Å². The molecule has 0 fully saturated rings. The molecule has 1 aromatic heterocycles. The van der Waals surface area contributed by atoms with Crippen LogP contribution in [0.4, 0.5) is 0 Å². The molecule has 1 unspecified atom stereocenters. The van der Waals surface area contributed by atoms with E-state index in [1.807, 2.05) is 0 Å². The number of H-pyrrole nitrogens is 1. The molecule has 0 amide bonds. The minimum absolute atomic E-state index is 0.0143. The van der Waals surface area contributed by atoms with E-state index >= 15 is 0 Å². The van der Waals surface area contributed by atoms with Crippen molar-refractivity contribution in [2.24, 2.45) is 7.05 Å². The summed E-state index contributed by atoms with van der Waals surface area (Å²) >= 11 is 0. The van der Waals surface area contributed by atoms with Gasteiger partial charge in [-0.2, -0.15) is 0 Å². The van der Waals surface area contributed by atoms with Crippen molar-refractivity contribution in [3.63, 3.8) is 0 Å². The van der Waals surface area contributed by atoms with Crippen LogP contribution in [0.1, 0.15) is 35.8 Å². The molecule has 0 aliphatic heterocycles. The number of carbonyl (C=O) groups excluding carboxylic acids is 2. The van der Waals surface area contributed by atoms with E-state index < -0.39 is 17.4 Å². The summed E-state index contributed by atoms with van der Waals surface area (Å²) in [5.74, 6) is -1.53. The van der Waals surface area contributed by atoms with Crippen molar-refractivity contribution in [3.8, 4) is 0 Å². The zero-order chi connectivity index (χ0) is 12.5. The molecule has 0 saturated heterocycles. The van der Waals surface area contributed by atoms with Crippen LogP contribution in [0.5, 0.6) is 0 Å². The minimum atomic E-state index is -0.669. The van der Waals surface area contributed by atoms with E-state index in [1.165, 1.54) is 25.8 Å². The van der Waals surface area contributed by atoms with Gasteiger partial charge in [-0.25, -0.2) is 0 Å². The van der Waals surface area contributed by atoms with E-state index in [-0.39, 0.29) is 11.3 Å². The first-order chi connectivity index (χ1) is 7.40. The molecule has 1 N–H and O–H groups in total. The molecule has 0 bridgehead atoms. The molecule has 6 heteroatoms. The molecule has 1 rings (SSSR count). The number of aromatic nitrogens is 2. The number of nitrogens with zero attached hydrogens (tertiary/aromatic N) is 1. The van der Waals surface area contributed by atoms with Crippen molar-refractivity contribution >= 4 is 11.8 Å². The number of hydrogen-bond acceptors (Lipinski definition) is 4. The Balaban J connectivity index is 3.34. The van der Waals surface area contributed by atoms with E-state index in [4.69, 9.17) is 0 Å². The highest BCUT2D eigenvalue weighted by molar-refractivity contribution is 5.96. The lowest BCUT2D eigenvalue weighted by Crippen LogP contribution is -2.19. The highest BCUT2D eigenvalue weighted by Crippen LogP contribution is 2.17. The number of rotatable bonds is 3. The normalized spacial score (nSPS) is 12.2. The summed E-state index contributed by atoms with van der Waals surface area (Å²) in [5.41, 5.74) is -0.120. The summed E-state index contributed by atoms with van der Waals surface area (Å²) in [6.07, 6.45) is 0. The number of esters is 1. The second kappa shape index (κ2) is 4.34. The Hall–Kier alpha value is -1.85. The Morgan fingerprint density at radius 1 is 1.44 bits per heavy atom. The topological polar surface area (TPSA) is 81.2 Å². The second-order valence-electron chi connectivity index (χ2n) is 3.57. The third-order valence-electron chi connectivity index (χ3n) is 2.42. The standard InChI is InChI=1S/C10H14N2O4/c1-5(10(15)16-4)8-7(6(2)13)9(14)12(3)11-8/h5,11H,1-4H3. The molecule has 0 aliphatic carbocycles. The molecule has 16 heavy (non-hydrogen) atoms. The third-order valence-corrected chi connectivity index (χ3v) is 2.42. The van der Waals surface area contributed by atoms with Crippen molar-refractivity contribution in [2.75, 3.05) is 7.11 Å². The molecule has 88 valence electrons. The molecular formula is C10H14N2O4. The Labute approximate surface area is 92.2 Å². The van der Waals surface area contributed by atoms with Crippen LogP contribution < -0.4 is 5.56 Å². The SMILES string of the molecule is COC(=O)C(C)c1[nH]n(C)c(=O)c1C(C)=O. The lowest BCUT2D eigenvalue weighted by molar-refractivity contribution is -0.142. The summed E-state index contributed by atoms with van der Waals surface area (Å²) in [4.78, 5) is 34.3. The van der Waals surface area contributed by atoms with Gasteiger partial charge < -0.3 is 4.74 Å². The minimum Gasteiger partial charge on any atom is -0.469 e. The number of aryl methyl sites for hydroxylation is 1. The van der Waals surface area contributed by atoms with Gasteiger partial charge in [0, 0.05) is 7.05 Å². The zero-order valence-corrected chi connectivity index (χ0v) is 9.66. The van der Waals surface area contributed by atoms with E-state index in [1.54, 1.807) is 6.92 Å². The molecule has 0 spiro atoms. The van der Waals surface area contributed by atoms with Gasteiger partial charge in [0.2, 0.25) is 0 Å². The second-order valence-corrected chi connectivity index (χ2v) is 3.57. The maximum absolute atomic E-state index is 11.6. The first-order valence-electron chi connectivity index (χ1n) is 4.77. The molecule has 0 aliphatic rings. The number of nitrogens with one attached hydrogen (secondary N) is 1. The van der Waals surface area contributed by atoms with Crippen LogP contribution in [0.2, 0.25) is 0 Å². The van der Waals surface area contributed by atoms with Gasteiger partial charge >= 0.3 is 5.97 Å². The average molecular weight is 226 g/mol. The molecular weight excluding hydrogens is 212 g/mol. The number of Topliss-reactive ketones (excluding diaryl/α,β-unsaturated/α-hetero) is 1. The monoisotopic (exact) mass is 226 g/mol. The quantitative estimate of drug-likeness (QED) is 0.589. The lowest BCUT2D eigenvalue weighted by atomic mass is 10.0. The summed E-state index contributed by atoms with van der Waals surface area (Å²) in [6, 6.07) is 0. The van der Waals surface area contributed by atoms with Gasteiger partial charge in [0.05, 0.1) is 18.7 Å². The van der Waals surface area contributed by atoms with Gasteiger partial charge in [-0.05, 0) is 13.8 Å². The molecule has 0 aromatic carbocycles. The van der Waals surface area contributed by atoms with Gasteiger partial charge in [0.25, 0.3) is 5.56 Å². The van der Waals surface area contributed by atoms with E-state index in [0.29, 0.717) is 5.69 Å². The van der Waals surface area contributed by atoms with Crippen molar-refractivity contribution in [3.05, 3.63) is 21.6 Å². The highest BCUT2D eigenvalue weighted by atomic mass is 16.5. The number of ether oxygens (including phenoxy) is 1. The van der Waals surface area contributed by atoms with Gasteiger partial charge in [0.1, 0.15) is 5.56 Å². The van der Waals surface area contributed by atoms with Crippen LogP contribution in [0, 0.1) is 0 Å². The maximum atomic E-state index is 11.6. The Kier molecular flexibility index (Phi) is 3.31. The number of carbonyl (C=O) groups is 2. The van der Waals surface area contributed by atoms with Crippen molar-refractivity contribution in [1.29, 1.82) is 0 Å². The summed E-state index contributed by atoms with van der Waals surface area (Å²) in [6.45, 7) is 2.86. The number of methoxy groups -OCH3 is 1. The predicted molar refractivity (Wildman–Crippen MR) is 56.5 cm³/mol. The molecule has 1 heterocycles. The molecule has 1 atom stereocenters. The van der Waals surface area contributed by atoms with Crippen LogP contribution in [0.15, 0.2) is 4.79 Å². The fourth-order valence-electron chi connectivity index (χ4n) is 1.52. The molecule has 0 radical (unpaired) electrons. The maximum Gasteiger partial charge on any atom is 0.314 e. The Bertz CT molecular complexity index is 483. The number of aromatic amines is 1. The fourth-order valence-corrected chi connectivity index (χ4v) is 1.52. The van der Waals surface area contributed by atoms with Crippen LogP contribution in [0.3, 0.4) is 0 Å². The van der Waals surface area contributed by atoms with Crippen LogP contribution in [-0.4, -0.2) is 28.6 Å². The summed E-state index contributed by atoms with van der Waals surface area (Å²) in [5, 5.41) is 2.69. The first kappa shape index (κ1) is 12.2. The van der Waals surface area contributed by atoms with Crippen LogP contribution in [0.25, 0.3) is 0 Å². The zero-order valence-electron chi connectivity index (χ0n) is 9.66. The Morgan fingerprint density at radius 2 is 2.00 bits per heavy atom. The van der Waals surface area contributed by atoms with Gasteiger partial charge in [-0.1, -0.05) is 0 Å². The largest absolute Gasteiger partial charge is 0.469 e. The molecule has 6 nitrogen and oxygen atoms in total.